The van der Waals surface area contributed by atoms with Gasteiger partial charge in [0.25, 0.3) is 5.91 Å². The van der Waals surface area contributed by atoms with E-state index in [0.717, 1.165) is 11.1 Å². The van der Waals surface area contributed by atoms with Crippen LogP contribution in [-0.2, 0) is 4.79 Å². The fourth-order valence-electron chi connectivity index (χ4n) is 3.49. The third-order valence-electron chi connectivity index (χ3n) is 5.31. The second kappa shape index (κ2) is 11.2. The lowest BCUT2D eigenvalue weighted by Gasteiger charge is -2.16. The van der Waals surface area contributed by atoms with Crippen molar-refractivity contribution in [2.45, 2.75) is 13.8 Å². The summed E-state index contributed by atoms with van der Waals surface area (Å²) in [6, 6.07) is 14.8. The van der Waals surface area contributed by atoms with E-state index in [1.165, 1.54) is 6.92 Å². The maximum absolute atomic E-state index is 12.5. The lowest BCUT2D eigenvalue weighted by atomic mass is 10.2. The van der Waals surface area contributed by atoms with E-state index in [1.807, 2.05) is 37.3 Å². The Morgan fingerprint density at radius 2 is 1.51 bits per heavy atom. The highest BCUT2D eigenvalue weighted by molar-refractivity contribution is 5.95. The van der Waals surface area contributed by atoms with E-state index in [9.17, 15) is 9.59 Å². The summed E-state index contributed by atoms with van der Waals surface area (Å²) in [5.74, 6) is 2.84. The second-order valence-electron chi connectivity index (χ2n) is 7.90. The van der Waals surface area contributed by atoms with Crippen molar-refractivity contribution in [3.63, 3.8) is 0 Å². The van der Waals surface area contributed by atoms with E-state index in [-0.39, 0.29) is 18.6 Å². The van der Waals surface area contributed by atoms with Gasteiger partial charge in [-0.05, 0) is 25.1 Å². The topological polar surface area (TPSA) is 126 Å². The molecule has 0 radical (unpaired) electrons. The monoisotopic (exact) mass is 476 g/mol. The first-order valence-electron chi connectivity index (χ1n) is 11.4. The maximum atomic E-state index is 12.5. The molecule has 4 rings (SSSR count). The number of hydrogen-bond donors (Lipinski definition) is 4. The van der Waals surface area contributed by atoms with Crippen molar-refractivity contribution < 1.29 is 19.1 Å². The molecule has 2 aromatic carbocycles. The van der Waals surface area contributed by atoms with Crippen molar-refractivity contribution in [3.05, 3.63) is 59.7 Å². The van der Waals surface area contributed by atoms with Crippen molar-refractivity contribution >= 4 is 23.5 Å². The highest BCUT2D eigenvalue weighted by Crippen LogP contribution is 2.32. The normalized spacial score (nSPS) is 11.6. The lowest BCUT2D eigenvalue weighted by Crippen LogP contribution is -2.29. The average molecular weight is 477 g/mol. The number of aromatic nitrogens is 2. The molecule has 0 fully saturated rings. The molecule has 0 saturated carbocycles. The molecule has 3 aromatic rings. The van der Waals surface area contributed by atoms with Gasteiger partial charge >= 0.3 is 0 Å². The highest BCUT2D eigenvalue weighted by Gasteiger charge is 2.16. The molecule has 182 valence electrons. The van der Waals surface area contributed by atoms with Crippen molar-refractivity contribution in [2.75, 3.05) is 43.6 Å². The van der Waals surface area contributed by atoms with Gasteiger partial charge in [0.05, 0.1) is 0 Å². The molecule has 1 aliphatic rings. The minimum Gasteiger partial charge on any atom is -0.454 e. The highest BCUT2D eigenvalue weighted by atomic mass is 16.7. The summed E-state index contributed by atoms with van der Waals surface area (Å²) in [7, 11) is 0. The van der Waals surface area contributed by atoms with Crippen LogP contribution in [0.1, 0.15) is 22.8 Å². The number of benzene rings is 2. The molecule has 0 bridgehead atoms. The molecular formula is C25H28N6O4. The maximum Gasteiger partial charge on any atom is 0.251 e. The SMILES string of the molecule is CC(=O)NCCNc1nc(-c2ccccc2)nc(NCCNC(=O)c2ccc3c(c2)OCO3)c1C. The molecule has 0 aliphatic carbocycles. The van der Waals surface area contributed by atoms with Gasteiger partial charge in [-0.3, -0.25) is 9.59 Å². The molecule has 0 unspecified atom stereocenters. The molecular weight excluding hydrogens is 448 g/mol. The molecule has 0 saturated heterocycles. The summed E-state index contributed by atoms with van der Waals surface area (Å²) in [5, 5.41) is 12.2. The van der Waals surface area contributed by atoms with E-state index in [4.69, 9.17) is 14.5 Å². The van der Waals surface area contributed by atoms with Crippen molar-refractivity contribution in [3.8, 4) is 22.9 Å². The number of hydrogen-bond acceptors (Lipinski definition) is 8. The van der Waals surface area contributed by atoms with Gasteiger partial charge in [-0.1, -0.05) is 30.3 Å². The number of ether oxygens (including phenoxy) is 2. The quantitative estimate of drug-likeness (QED) is 0.329. The Labute approximate surface area is 203 Å². The Morgan fingerprint density at radius 1 is 0.857 bits per heavy atom. The number of nitrogens with one attached hydrogen (secondary N) is 4. The van der Waals surface area contributed by atoms with Crippen LogP contribution in [0.2, 0.25) is 0 Å². The zero-order valence-corrected chi connectivity index (χ0v) is 19.7. The molecule has 2 heterocycles. The standard InChI is InChI=1S/C25H28N6O4/c1-16-22(27-11-10-26-17(2)32)30-24(18-6-4-3-5-7-18)31-23(16)28-12-13-29-25(33)19-8-9-20-21(14-19)35-15-34-20/h3-9,14H,10-13,15H2,1-2H3,(H,26,32)(H,29,33)(H2,27,28,30,31). The third kappa shape index (κ3) is 6.17. The molecule has 1 aromatic heterocycles. The summed E-state index contributed by atoms with van der Waals surface area (Å²) in [6.07, 6.45) is 0. The summed E-state index contributed by atoms with van der Waals surface area (Å²) < 4.78 is 10.6. The van der Waals surface area contributed by atoms with Crippen molar-refractivity contribution in [2.24, 2.45) is 0 Å². The number of carbonyl (C=O) groups excluding carboxylic acids is 2. The molecule has 10 nitrogen and oxygen atoms in total. The Kier molecular flexibility index (Phi) is 7.61. The Morgan fingerprint density at radius 3 is 2.20 bits per heavy atom. The Balaban J connectivity index is 1.40. The summed E-state index contributed by atoms with van der Waals surface area (Å²) in [5.41, 5.74) is 2.23. The number of nitrogens with zero attached hydrogens (tertiary/aromatic N) is 2. The van der Waals surface area contributed by atoms with E-state index < -0.39 is 0 Å². The van der Waals surface area contributed by atoms with Gasteiger partial charge in [-0.25, -0.2) is 9.97 Å². The fourth-order valence-corrected chi connectivity index (χ4v) is 3.49. The number of rotatable bonds is 10. The third-order valence-corrected chi connectivity index (χ3v) is 5.31. The van der Waals surface area contributed by atoms with Crippen molar-refractivity contribution in [1.29, 1.82) is 0 Å². The summed E-state index contributed by atoms with van der Waals surface area (Å²) in [6.45, 7) is 5.43. The van der Waals surface area contributed by atoms with Gasteiger partial charge in [0, 0.05) is 49.8 Å². The number of carbonyl (C=O) groups is 2. The number of fused-ring (bicyclic) bond motifs is 1. The van der Waals surface area contributed by atoms with Crippen molar-refractivity contribution in [1.82, 2.24) is 20.6 Å². The van der Waals surface area contributed by atoms with Gasteiger partial charge in [-0.15, -0.1) is 0 Å². The summed E-state index contributed by atoms with van der Waals surface area (Å²) >= 11 is 0. The van der Waals surface area contributed by atoms with Crippen LogP contribution in [0.15, 0.2) is 48.5 Å². The first-order chi connectivity index (χ1) is 17.0. The van der Waals surface area contributed by atoms with Crippen LogP contribution in [0, 0.1) is 6.92 Å². The van der Waals surface area contributed by atoms with Crippen LogP contribution < -0.4 is 30.7 Å². The number of anilines is 2. The first-order valence-corrected chi connectivity index (χ1v) is 11.4. The van der Waals surface area contributed by atoms with E-state index in [1.54, 1.807) is 18.2 Å². The van der Waals surface area contributed by atoms with Gasteiger partial charge in [0.2, 0.25) is 12.7 Å². The molecule has 35 heavy (non-hydrogen) atoms. The molecule has 10 heteroatoms. The fraction of sp³-hybridized carbons (Fsp3) is 0.280. The Hall–Kier alpha value is -4.34. The van der Waals surface area contributed by atoms with Gasteiger partial charge in [0.15, 0.2) is 17.3 Å². The summed E-state index contributed by atoms with van der Waals surface area (Å²) in [4.78, 5) is 33.0. The molecule has 1 aliphatic heterocycles. The largest absolute Gasteiger partial charge is 0.454 e. The molecule has 0 atom stereocenters. The van der Waals surface area contributed by atoms with Gasteiger partial charge in [-0.2, -0.15) is 0 Å². The minimum absolute atomic E-state index is 0.0821. The zero-order valence-electron chi connectivity index (χ0n) is 19.7. The smallest absolute Gasteiger partial charge is 0.251 e. The van der Waals surface area contributed by atoms with Crippen LogP contribution in [0.25, 0.3) is 11.4 Å². The van der Waals surface area contributed by atoms with Crippen LogP contribution in [0.4, 0.5) is 11.6 Å². The minimum atomic E-state index is -0.199. The molecule has 4 N–H and O–H groups in total. The second-order valence-corrected chi connectivity index (χ2v) is 7.90. The molecule has 2 amide bonds. The van der Waals surface area contributed by atoms with Gasteiger partial charge in [0.1, 0.15) is 11.6 Å². The zero-order chi connectivity index (χ0) is 24.6. The lowest BCUT2D eigenvalue weighted by molar-refractivity contribution is -0.118. The van der Waals surface area contributed by atoms with Crippen LogP contribution in [0.5, 0.6) is 11.5 Å². The van der Waals surface area contributed by atoms with E-state index in [0.29, 0.717) is 60.7 Å². The van der Waals surface area contributed by atoms with Crippen LogP contribution in [-0.4, -0.2) is 54.8 Å². The average Bonchev–Trinajstić information content (AvgIpc) is 3.34. The van der Waals surface area contributed by atoms with Gasteiger partial charge < -0.3 is 30.7 Å². The van der Waals surface area contributed by atoms with E-state index in [2.05, 4.69) is 26.3 Å². The van der Waals surface area contributed by atoms with E-state index >= 15 is 0 Å². The predicted octanol–water partition coefficient (Wildman–Crippen LogP) is 2.57. The number of amides is 2. The van der Waals surface area contributed by atoms with Crippen LogP contribution in [0.3, 0.4) is 0 Å². The molecule has 0 spiro atoms. The Bertz CT molecular complexity index is 1200. The first kappa shape index (κ1) is 23.8. The predicted molar refractivity (Wildman–Crippen MR) is 133 cm³/mol. The van der Waals surface area contributed by atoms with Crippen LogP contribution >= 0.6 is 0 Å².